The van der Waals surface area contributed by atoms with Crippen LogP contribution in [0.5, 0.6) is 0 Å². The lowest BCUT2D eigenvalue weighted by atomic mass is 9.97. The zero-order chi connectivity index (χ0) is 14.4. The van der Waals surface area contributed by atoms with Crippen molar-refractivity contribution in [3.63, 3.8) is 0 Å². The van der Waals surface area contributed by atoms with Gasteiger partial charge < -0.3 is 20.1 Å². The van der Waals surface area contributed by atoms with Crippen LogP contribution in [0.4, 0.5) is 4.79 Å². The number of morpholine rings is 1. The van der Waals surface area contributed by atoms with Crippen LogP contribution in [0, 0.1) is 5.92 Å². The second-order valence-electron chi connectivity index (χ2n) is 5.29. The molecular formula is C13H23N3O4. The number of ether oxygens (including phenoxy) is 1. The van der Waals surface area contributed by atoms with E-state index in [-0.39, 0.29) is 11.9 Å². The minimum absolute atomic E-state index is 0.0814. The molecule has 0 aromatic rings. The first-order valence-corrected chi connectivity index (χ1v) is 7.22. The Morgan fingerprint density at radius 3 is 2.40 bits per heavy atom. The summed E-state index contributed by atoms with van der Waals surface area (Å²) in [7, 11) is 0. The summed E-state index contributed by atoms with van der Waals surface area (Å²) in [6.45, 7) is 5.87. The van der Waals surface area contributed by atoms with E-state index in [1.165, 1.54) is 0 Å². The molecule has 114 valence electrons. The van der Waals surface area contributed by atoms with E-state index in [0.717, 1.165) is 32.8 Å². The van der Waals surface area contributed by atoms with Crippen molar-refractivity contribution in [2.24, 2.45) is 5.92 Å². The number of likely N-dealkylation sites (tertiary alicyclic amines) is 1. The van der Waals surface area contributed by atoms with E-state index in [0.29, 0.717) is 32.5 Å². The highest BCUT2D eigenvalue weighted by Gasteiger charge is 2.26. The first-order valence-electron chi connectivity index (χ1n) is 7.22. The van der Waals surface area contributed by atoms with Gasteiger partial charge in [0.1, 0.15) is 0 Å². The third-order valence-corrected chi connectivity index (χ3v) is 3.94. The summed E-state index contributed by atoms with van der Waals surface area (Å²) in [5.41, 5.74) is 0. The lowest BCUT2D eigenvalue weighted by molar-refractivity contribution is -0.143. The molecule has 0 radical (unpaired) electrons. The van der Waals surface area contributed by atoms with Crippen molar-refractivity contribution in [3.05, 3.63) is 0 Å². The van der Waals surface area contributed by atoms with Gasteiger partial charge in [0.2, 0.25) is 0 Å². The Kier molecular flexibility index (Phi) is 5.60. The number of piperidine rings is 1. The number of nitrogens with zero attached hydrogens (tertiary/aromatic N) is 2. The molecule has 0 spiro atoms. The van der Waals surface area contributed by atoms with Gasteiger partial charge in [0.05, 0.1) is 19.1 Å². The van der Waals surface area contributed by atoms with Gasteiger partial charge in [-0.3, -0.25) is 9.69 Å². The third-order valence-electron chi connectivity index (χ3n) is 3.94. The number of urea groups is 1. The Morgan fingerprint density at radius 2 is 1.80 bits per heavy atom. The number of hydrogen-bond acceptors (Lipinski definition) is 4. The molecular weight excluding hydrogens is 262 g/mol. The molecule has 0 unspecified atom stereocenters. The number of hydrogen-bond donors (Lipinski definition) is 2. The molecule has 0 aliphatic carbocycles. The standard InChI is InChI=1S/C13H23N3O4/c17-12(18)11-1-4-16(5-2-11)13(19)14-3-6-15-7-9-20-10-8-15/h11H,1-10H2,(H,14,19)(H,17,18). The molecule has 2 fully saturated rings. The van der Waals surface area contributed by atoms with Gasteiger partial charge in [-0.1, -0.05) is 0 Å². The minimum atomic E-state index is -0.752. The fourth-order valence-electron chi connectivity index (χ4n) is 2.59. The molecule has 0 aromatic heterocycles. The Bertz CT molecular complexity index is 337. The lowest BCUT2D eigenvalue weighted by Crippen LogP contribution is -2.48. The summed E-state index contributed by atoms with van der Waals surface area (Å²) in [4.78, 5) is 26.8. The predicted molar refractivity (Wildman–Crippen MR) is 72.6 cm³/mol. The van der Waals surface area contributed by atoms with Crippen molar-refractivity contribution in [1.82, 2.24) is 15.1 Å². The van der Waals surface area contributed by atoms with Gasteiger partial charge in [-0.25, -0.2) is 4.79 Å². The molecule has 7 nitrogen and oxygen atoms in total. The van der Waals surface area contributed by atoms with E-state index in [2.05, 4.69) is 10.2 Å². The van der Waals surface area contributed by atoms with Gasteiger partial charge in [-0.05, 0) is 12.8 Å². The lowest BCUT2D eigenvalue weighted by Gasteiger charge is -2.31. The molecule has 20 heavy (non-hydrogen) atoms. The highest BCUT2D eigenvalue weighted by Crippen LogP contribution is 2.17. The second kappa shape index (κ2) is 7.44. The zero-order valence-electron chi connectivity index (χ0n) is 11.7. The first kappa shape index (κ1) is 15.1. The van der Waals surface area contributed by atoms with E-state index in [9.17, 15) is 9.59 Å². The van der Waals surface area contributed by atoms with Crippen molar-refractivity contribution < 1.29 is 19.4 Å². The van der Waals surface area contributed by atoms with Crippen LogP contribution in [0.2, 0.25) is 0 Å². The van der Waals surface area contributed by atoms with Gasteiger partial charge in [0.15, 0.2) is 0 Å². The van der Waals surface area contributed by atoms with Crippen LogP contribution >= 0.6 is 0 Å². The van der Waals surface area contributed by atoms with Crippen molar-refractivity contribution in [3.8, 4) is 0 Å². The Hall–Kier alpha value is -1.34. The molecule has 0 bridgehead atoms. The summed E-state index contributed by atoms with van der Waals surface area (Å²) < 4.78 is 5.27. The number of amides is 2. The quantitative estimate of drug-likeness (QED) is 0.749. The molecule has 2 aliphatic heterocycles. The van der Waals surface area contributed by atoms with Crippen LogP contribution in [0.25, 0.3) is 0 Å². The van der Waals surface area contributed by atoms with E-state index >= 15 is 0 Å². The number of aliphatic carboxylic acids is 1. The summed E-state index contributed by atoms with van der Waals surface area (Å²) in [6.07, 6.45) is 1.10. The van der Waals surface area contributed by atoms with E-state index < -0.39 is 5.97 Å². The Morgan fingerprint density at radius 1 is 1.15 bits per heavy atom. The number of nitrogens with one attached hydrogen (secondary N) is 1. The van der Waals surface area contributed by atoms with E-state index in [1.54, 1.807) is 4.90 Å². The summed E-state index contributed by atoms with van der Waals surface area (Å²) >= 11 is 0. The van der Waals surface area contributed by atoms with Crippen LogP contribution in [0.3, 0.4) is 0 Å². The van der Waals surface area contributed by atoms with Crippen LogP contribution in [-0.4, -0.2) is 79.4 Å². The topological polar surface area (TPSA) is 82.1 Å². The van der Waals surface area contributed by atoms with Crippen LogP contribution < -0.4 is 5.32 Å². The molecule has 2 rings (SSSR count). The Labute approximate surface area is 118 Å². The molecule has 0 saturated carbocycles. The number of carbonyl (C=O) groups is 2. The van der Waals surface area contributed by atoms with Crippen LogP contribution in [0.1, 0.15) is 12.8 Å². The van der Waals surface area contributed by atoms with Crippen LogP contribution in [-0.2, 0) is 9.53 Å². The molecule has 2 saturated heterocycles. The molecule has 2 aliphatic rings. The van der Waals surface area contributed by atoms with Crippen LogP contribution in [0.15, 0.2) is 0 Å². The fourth-order valence-corrected chi connectivity index (χ4v) is 2.59. The van der Waals surface area contributed by atoms with Gasteiger partial charge in [0.25, 0.3) is 0 Å². The van der Waals surface area contributed by atoms with Crippen molar-refractivity contribution in [2.75, 3.05) is 52.5 Å². The molecule has 0 atom stereocenters. The van der Waals surface area contributed by atoms with Crippen molar-refractivity contribution in [2.45, 2.75) is 12.8 Å². The van der Waals surface area contributed by atoms with Gasteiger partial charge in [0, 0.05) is 39.3 Å². The number of rotatable bonds is 4. The highest BCUT2D eigenvalue weighted by molar-refractivity contribution is 5.75. The average Bonchev–Trinajstić information content (AvgIpc) is 2.48. The smallest absolute Gasteiger partial charge is 0.317 e. The zero-order valence-corrected chi connectivity index (χ0v) is 11.7. The maximum Gasteiger partial charge on any atom is 0.317 e. The summed E-state index contributed by atoms with van der Waals surface area (Å²) in [5, 5.41) is 11.8. The van der Waals surface area contributed by atoms with E-state index in [4.69, 9.17) is 9.84 Å². The van der Waals surface area contributed by atoms with Gasteiger partial charge >= 0.3 is 12.0 Å². The monoisotopic (exact) mass is 285 g/mol. The van der Waals surface area contributed by atoms with Crippen molar-refractivity contribution in [1.29, 1.82) is 0 Å². The SMILES string of the molecule is O=C(O)C1CCN(C(=O)NCCN2CCOCC2)CC1. The van der Waals surface area contributed by atoms with Crippen molar-refractivity contribution >= 4 is 12.0 Å². The number of carbonyl (C=O) groups excluding carboxylic acids is 1. The minimum Gasteiger partial charge on any atom is -0.481 e. The predicted octanol–water partition coefficient (Wildman–Crippen LogP) is -0.175. The fraction of sp³-hybridized carbons (Fsp3) is 0.846. The molecule has 7 heteroatoms. The maximum atomic E-state index is 11.9. The third kappa shape index (κ3) is 4.35. The number of carboxylic acids is 1. The normalized spacial score (nSPS) is 21.7. The molecule has 2 N–H and O–H groups in total. The van der Waals surface area contributed by atoms with E-state index in [1.807, 2.05) is 0 Å². The average molecular weight is 285 g/mol. The molecule has 0 aromatic carbocycles. The Balaban J connectivity index is 1.61. The summed E-state index contributed by atoms with van der Waals surface area (Å²) in [6, 6.07) is -0.0814. The largest absolute Gasteiger partial charge is 0.481 e. The summed E-state index contributed by atoms with van der Waals surface area (Å²) in [5.74, 6) is -1.05. The molecule has 2 amide bonds. The van der Waals surface area contributed by atoms with Gasteiger partial charge in [-0.2, -0.15) is 0 Å². The van der Waals surface area contributed by atoms with Gasteiger partial charge in [-0.15, -0.1) is 0 Å². The molecule has 2 heterocycles. The maximum absolute atomic E-state index is 11.9. The second-order valence-corrected chi connectivity index (χ2v) is 5.29. The highest BCUT2D eigenvalue weighted by atomic mass is 16.5. The first-order chi connectivity index (χ1) is 9.66. The number of carboxylic acid groups (broad SMARTS) is 1.